The molecule has 0 spiro atoms. The van der Waals surface area contributed by atoms with Crippen LogP contribution in [0.1, 0.15) is 21.9 Å². The van der Waals surface area contributed by atoms with E-state index in [4.69, 9.17) is 9.62 Å². The molecule has 5 heteroatoms. The van der Waals surface area contributed by atoms with Gasteiger partial charge in [-0.15, -0.1) is 0 Å². The highest BCUT2D eigenvalue weighted by atomic mass is 16.5. The van der Waals surface area contributed by atoms with Crippen molar-refractivity contribution in [3.63, 3.8) is 0 Å². The van der Waals surface area contributed by atoms with Gasteiger partial charge in [-0.25, -0.2) is 4.79 Å². The predicted octanol–water partition coefficient (Wildman–Crippen LogP) is 1.20. The maximum absolute atomic E-state index is 11.2. The van der Waals surface area contributed by atoms with Gasteiger partial charge < -0.3 is 14.4 Å². The molecule has 0 saturated heterocycles. The summed E-state index contributed by atoms with van der Waals surface area (Å²) in [7, 11) is 2.81. The maximum Gasteiger partial charge on any atom is 0.341 e. The first-order chi connectivity index (χ1) is 6.54. The van der Waals surface area contributed by atoms with E-state index >= 15 is 0 Å². The van der Waals surface area contributed by atoms with E-state index in [1.165, 1.54) is 14.2 Å². The first-order valence-corrected chi connectivity index (χ1v) is 4.12. The highest BCUT2D eigenvalue weighted by molar-refractivity contribution is 5.90. The van der Waals surface area contributed by atoms with E-state index in [0.29, 0.717) is 17.1 Å². The van der Waals surface area contributed by atoms with Crippen LogP contribution in [0, 0.1) is 6.92 Å². The van der Waals surface area contributed by atoms with E-state index < -0.39 is 5.97 Å². The molecular formula is C9H13NO4. The molecule has 0 aliphatic heterocycles. The molecule has 1 N–H and O–H groups in total. The van der Waals surface area contributed by atoms with Crippen LogP contribution in [0.15, 0.2) is 10.5 Å². The fraction of sp³-hybridized carbons (Fsp3) is 0.444. The molecule has 0 fully saturated rings. The molecular weight excluding hydrogens is 186 g/mol. The van der Waals surface area contributed by atoms with Gasteiger partial charge in [-0.1, -0.05) is 0 Å². The molecule has 1 heterocycles. The van der Waals surface area contributed by atoms with Crippen molar-refractivity contribution in [3.8, 4) is 0 Å². The molecule has 0 saturated carbocycles. The number of nitrogens with zero attached hydrogens (tertiary/aromatic N) is 1. The quantitative estimate of drug-likeness (QED) is 0.585. The molecule has 0 bridgehead atoms. The number of aryl methyl sites for hydroxylation is 1. The topological polar surface area (TPSA) is 62.9 Å². The SMILES string of the molecule is COC(=O)c1cc(CN(C)O)oc1C. The Kier molecular flexibility index (Phi) is 3.27. The van der Waals surface area contributed by atoms with Crippen LogP contribution in [-0.2, 0) is 11.3 Å². The van der Waals surface area contributed by atoms with E-state index in [2.05, 4.69) is 4.74 Å². The van der Waals surface area contributed by atoms with Crippen molar-refractivity contribution >= 4 is 5.97 Å². The molecule has 0 amide bonds. The van der Waals surface area contributed by atoms with Crippen LogP contribution in [-0.4, -0.2) is 30.4 Å². The van der Waals surface area contributed by atoms with E-state index in [0.717, 1.165) is 5.06 Å². The molecule has 0 unspecified atom stereocenters. The number of ether oxygens (including phenoxy) is 1. The average Bonchev–Trinajstić information content (AvgIpc) is 2.44. The number of carbonyl (C=O) groups excluding carboxylic acids is 1. The van der Waals surface area contributed by atoms with Crippen molar-refractivity contribution in [1.29, 1.82) is 0 Å². The summed E-state index contributed by atoms with van der Waals surface area (Å²) in [5.74, 6) is 0.583. The third-order valence-corrected chi connectivity index (χ3v) is 1.76. The van der Waals surface area contributed by atoms with Crippen LogP contribution < -0.4 is 0 Å². The summed E-state index contributed by atoms with van der Waals surface area (Å²) in [5.41, 5.74) is 0.393. The molecule has 78 valence electrons. The summed E-state index contributed by atoms with van der Waals surface area (Å²) in [4.78, 5) is 11.2. The largest absolute Gasteiger partial charge is 0.465 e. The van der Waals surface area contributed by atoms with Gasteiger partial charge in [0.25, 0.3) is 0 Å². The number of methoxy groups -OCH3 is 1. The average molecular weight is 199 g/mol. The van der Waals surface area contributed by atoms with Crippen molar-refractivity contribution in [1.82, 2.24) is 5.06 Å². The fourth-order valence-corrected chi connectivity index (χ4v) is 1.16. The van der Waals surface area contributed by atoms with Gasteiger partial charge >= 0.3 is 5.97 Å². The summed E-state index contributed by atoms with van der Waals surface area (Å²) in [6.45, 7) is 1.91. The van der Waals surface area contributed by atoms with Crippen LogP contribution in [0.4, 0.5) is 0 Å². The minimum absolute atomic E-state index is 0.234. The van der Waals surface area contributed by atoms with Gasteiger partial charge in [-0.05, 0) is 13.0 Å². The van der Waals surface area contributed by atoms with Crippen molar-refractivity contribution in [2.24, 2.45) is 0 Å². The number of hydrogen-bond donors (Lipinski definition) is 1. The van der Waals surface area contributed by atoms with Crippen molar-refractivity contribution < 1.29 is 19.2 Å². The smallest absolute Gasteiger partial charge is 0.341 e. The Morgan fingerprint density at radius 2 is 2.36 bits per heavy atom. The lowest BCUT2D eigenvalue weighted by Gasteiger charge is -2.03. The Morgan fingerprint density at radius 1 is 1.71 bits per heavy atom. The molecule has 0 atom stereocenters. The number of rotatable bonds is 3. The number of furan rings is 1. The molecule has 5 nitrogen and oxygen atoms in total. The van der Waals surface area contributed by atoms with Gasteiger partial charge in [0.15, 0.2) is 0 Å². The zero-order valence-electron chi connectivity index (χ0n) is 8.40. The summed E-state index contributed by atoms with van der Waals surface area (Å²) in [6.07, 6.45) is 0. The highest BCUT2D eigenvalue weighted by Gasteiger charge is 2.15. The Morgan fingerprint density at radius 3 is 2.86 bits per heavy atom. The zero-order chi connectivity index (χ0) is 10.7. The van der Waals surface area contributed by atoms with Crippen LogP contribution >= 0.6 is 0 Å². The lowest BCUT2D eigenvalue weighted by molar-refractivity contribution is -0.0775. The Bertz CT molecular complexity index is 330. The van der Waals surface area contributed by atoms with Gasteiger partial charge in [0.05, 0.1) is 13.7 Å². The van der Waals surface area contributed by atoms with Crippen molar-refractivity contribution in [3.05, 3.63) is 23.2 Å². The van der Waals surface area contributed by atoms with Gasteiger partial charge in [-0.3, -0.25) is 0 Å². The zero-order valence-corrected chi connectivity index (χ0v) is 8.40. The predicted molar refractivity (Wildman–Crippen MR) is 48.0 cm³/mol. The molecule has 0 aromatic carbocycles. The van der Waals surface area contributed by atoms with E-state index in [1.807, 2.05) is 0 Å². The minimum Gasteiger partial charge on any atom is -0.465 e. The van der Waals surface area contributed by atoms with E-state index in [-0.39, 0.29) is 6.54 Å². The van der Waals surface area contributed by atoms with Crippen molar-refractivity contribution in [2.45, 2.75) is 13.5 Å². The standard InChI is InChI=1S/C9H13NO4/c1-6-8(9(11)13-3)4-7(14-6)5-10(2)12/h4,12H,5H2,1-3H3. The molecule has 0 aliphatic carbocycles. The maximum atomic E-state index is 11.2. The summed E-state index contributed by atoms with van der Waals surface area (Å²) in [6, 6.07) is 1.56. The van der Waals surface area contributed by atoms with Crippen LogP contribution in [0.3, 0.4) is 0 Å². The van der Waals surface area contributed by atoms with Gasteiger partial charge in [0, 0.05) is 7.05 Å². The van der Waals surface area contributed by atoms with Crippen LogP contribution in [0.25, 0.3) is 0 Å². The second-order valence-corrected chi connectivity index (χ2v) is 2.99. The first kappa shape index (κ1) is 10.7. The number of hydrogen-bond acceptors (Lipinski definition) is 5. The van der Waals surface area contributed by atoms with E-state index in [1.54, 1.807) is 13.0 Å². The fourth-order valence-electron chi connectivity index (χ4n) is 1.16. The summed E-state index contributed by atoms with van der Waals surface area (Å²) < 4.78 is 9.81. The molecule has 14 heavy (non-hydrogen) atoms. The van der Waals surface area contributed by atoms with Gasteiger partial charge in [0.2, 0.25) is 0 Å². The Balaban J connectivity index is 2.87. The lowest BCUT2D eigenvalue weighted by Crippen LogP contribution is -2.10. The molecule has 1 aromatic rings. The summed E-state index contributed by atoms with van der Waals surface area (Å²) in [5, 5.41) is 9.93. The molecule has 0 aliphatic rings. The Hall–Kier alpha value is -1.33. The number of esters is 1. The normalized spacial score (nSPS) is 10.6. The third-order valence-electron chi connectivity index (χ3n) is 1.76. The third kappa shape index (κ3) is 2.34. The second kappa shape index (κ2) is 4.26. The molecule has 1 rings (SSSR count). The number of hydroxylamine groups is 2. The molecule has 0 radical (unpaired) electrons. The van der Waals surface area contributed by atoms with Gasteiger partial charge in [0.1, 0.15) is 17.1 Å². The second-order valence-electron chi connectivity index (χ2n) is 2.99. The highest BCUT2D eigenvalue weighted by Crippen LogP contribution is 2.16. The van der Waals surface area contributed by atoms with Crippen molar-refractivity contribution in [2.75, 3.05) is 14.2 Å². The van der Waals surface area contributed by atoms with E-state index in [9.17, 15) is 4.79 Å². The monoisotopic (exact) mass is 199 g/mol. The lowest BCUT2D eigenvalue weighted by atomic mass is 10.2. The summed E-state index contributed by atoms with van der Waals surface area (Å²) >= 11 is 0. The first-order valence-electron chi connectivity index (χ1n) is 4.12. The van der Waals surface area contributed by atoms with Crippen LogP contribution in [0.2, 0.25) is 0 Å². The van der Waals surface area contributed by atoms with Crippen LogP contribution in [0.5, 0.6) is 0 Å². The van der Waals surface area contributed by atoms with Gasteiger partial charge in [-0.2, -0.15) is 5.06 Å². The minimum atomic E-state index is -0.432. The Labute approximate surface area is 81.8 Å². The number of carbonyl (C=O) groups is 1. The molecule has 1 aromatic heterocycles.